The fourth-order valence-electron chi connectivity index (χ4n) is 2.06. The highest BCUT2D eigenvalue weighted by Gasteiger charge is 2.27. The van der Waals surface area contributed by atoms with E-state index >= 15 is 0 Å². The number of hydrogen-bond donors (Lipinski definition) is 1. The van der Waals surface area contributed by atoms with E-state index in [0.717, 1.165) is 36.8 Å². The molecule has 100 valence electrons. The average molecular weight is 313 g/mol. The Morgan fingerprint density at radius 3 is 2.78 bits per heavy atom. The minimum absolute atomic E-state index is 0.793. The fourth-order valence-corrected chi connectivity index (χ4v) is 2.49. The summed E-state index contributed by atoms with van der Waals surface area (Å²) in [6.45, 7) is 3.92. The summed E-state index contributed by atoms with van der Waals surface area (Å²) in [6, 6.07) is 9.04. The lowest BCUT2D eigenvalue weighted by Gasteiger charge is -2.22. The maximum absolute atomic E-state index is 5.16. The third kappa shape index (κ3) is 4.26. The molecule has 0 spiro atoms. The Labute approximate surface area is 118 Å². The van der Waals surface area contributed by atoms with E-state index in [1.807, 2.05) is 6.07 Å². The molecule has 1 fully saturated rings. The number of benzene rings is 1. The van der Waals surface area contributed by atoms with Gasteiger partial charge in [0.2, 0.25) is 0 Å². The van der Waals surface area contributed by atoms with Gasteiger partial charge in [0.1, 0.15) is 0 Å². The van der Waals surface area contributed by atoms with Crippen molar-refractivity contribution in [3.8, 4) is 0 Å². The van der Waals surface area contributed by atoms with Crippen LogP contribution < -0.4 is 5.32 Å². The van der Waals surface area contributed by atoms with Gasteiger partial charge in [0.05, 0.1) is 6.61 Å². The quantitative estimate of drug-likeness (QED) is 0.798. The van der Waals surface area contributed by atoms with Gasteiger partial charge in [-0.25, -0.2) is 0 Å². The Morgan fingerprint density at radius 1 is 1.33 bits per heavy atom. The molecule has 3 nitrogen and oxygen atoms in total. The molecule has 1 N–H and O–H groups in total. The van der Waals surface area contributed by atoms with Crippen LogP contribution in [0, 0.1) is 0 Å². The molecule has 0 amide bonds. The first-order valence-electron chi connectivity index (χ1n) is 6.52. The van der Waals surface area contributed by atoms with E-state index in [2.05, 4.69) is 44.3 Å². The lowest BCUT2D eigenvalue weighted by molar-refractivity contribution is 0.146. The Balaban J connectivity index is 1.74. The first-order chi connectivity index (χ1) is 8.81. The maximum atomic E-state index is 5.16. The van der Waals surface area contributed by atoms with Crippen molar-refractivity contribution in [2.45, 2.75) is 18.9 Å². The van der Waals surface area contributed by atoms with Gasteiger partial charge in [-0.3, -0.25) is 4.90 Å². The summed E-state index contributed by atoms with van der Waals surface area (Å²) in [5, 5.41) is 3.47. The molecule has 0 unspecified atom stereocenters. The third-order valence-electron chi connectivity index (χ3n) is 3.23. The van der Waals surface area contributed by atoms with Crippen molar-refractivity contribution in [3.05, 3.63) is 28.7 Å². The van der Waals surface area contributed by atoms with Crippen molar-refractivity contribution in [3.63, 3.8) is 0 Å². The van der Waals surface area contributed by atoms with Crippen molar-refractivity contribution < 1.29 is 4.74 Å². The van der Waals surface area contributed by atoms with Gasteiger partial charge in [0.15, 0.2) is 0 Å². The minimum atomic E-state index is 0.793. The molecular formula is C14H21BrN2O. The fraction of sp³-hybridized carbons (Fsp3) is 0.571. The van der Waals surface area contributed by atoms with E-state index in [0.29, 0.717) is 0 Å². The largest absolute Gasteiger partial charge is 0.383 e. The average Bonchev–Trinajstić information content (AvgIpc) is 3.20. The molecule has 0 atom stereocenters. The van der Waals surface area contributed by atoms with Gasteiger partial charge >= 0.3 is 0 Å². The highest BCUT2D eigenvalue weighted by atomic mass is 79.9. The van der Waals surface area contributed by atoms with Crippen LogP contribution in [-0.4, -0.2) is 44.3 Å². The van der Waals surface area contributed by atoms with Crippen LogP contribution in [-0.2, 0) is 4.74 Å². The summed E-state index contributed by atoms with van der Waals surface area (Å²) in [6.07, 6.45) is 2.69. The monoisotopic (exact) mass is 312 g/mol. The number of rotatable bonds is 8. The summed E-state index contributed by atoms with van der Waals surface area (Å²) in [7, 11) is 1.77. The molecule has 0 radical (unpaired) electrons. The van der Waals surface area contributed by atoms with Crippen LogP contribution in [0.3, 0.4) is 0 Å². The lowest BCUT2D eigenvalue weighted by atomic mass is 10.3. The SMILES string of the molecule is COCCN(CCNc1ccccc1Br)C1CC1. The molecule has 0 aliphatic heterocycles. The van der Waals surface area contributed by atoms with E-state index in [4.69, 9.17) is 4.74 Å². The second kappa shape index (κ2) is 7.12. The molecule has 4 heteroatoms. The van der Waals surface area contributed by atoms with Crippen LogP contribution >= 0.6 is 15.9 Å². The lowest BCUT2D eigenvalue weighted by Crippen LogP contribution is -2.33. The molecule has 1 aliphatic carbocycles. The second-order valence-electron chi connectivity index (χ2n) is 4.67. The van der Waals surface area contributed by atoms with Crippen molar-refractivity contribution in [1.29, 1.82) is 0 Å². The van der Waals surface area contributed by atoms with Crippen LogP contribution in [0.4, 0.5) is 5.69 Å². The maximum Gasteiger partial charge on any atom is 0.0589 e. The normalized spacial score (nSPS) is 15.1. The van der Waals surface area contributed by atoms with E-state index < -0.39 is 0 Å². The third-order valence-corrected chi connectivity index (χ3v) is 3.93. The Bertz CT molecular complexity index is 369. The van der Waals surface area contributed by atoms with Crippen LogP contribution in [0.25, 0.3) is 0 Å². The molecule has 0 aromatic heterocycles. The van der Waals surface area contributed by atoms with Gasteiger partial charge in [-0.1, -0.05) is 12.1 Å². The minimum Gasteiger partial charge on any atom is -0.383 e. The van der Waals surface area contributed by atoms with E-state index in [9.17, 15) is 0 Å². The molecular weight excluding hydrogens is 292 g/mol. The predicted molar refractivity (Wildman–Crippen MR) is 79.1 cm³/mol. The molecule has 1 saturated carbocycles. The van der Waals surface area contributed by atoms with Gasteiger partial charge in [0.25, 0.3) is 0 Å². The van der Waals surface area contributed by atoms with E-state index in [-0.39, 0.29) is 0 Å². The summed E-state index contributed by atoms with van der Waals surface area (Å²) in [5.41, 5.74) is 1.17. The van der Waals surface area contributed by atoms with Crippen LogP contribution in [0.1, 0.15) is 12.8 Å². The molecule has 0 heterocycles. The van der Waals surface area contributed by atoms with Crippen molar-refractivity contribution >= 4 is 21.6 Å². The Kier molecular flexibility index (Phi) is 5.47. The smallest absolute Gasteiger partial charge is 0.0589 e. The number of methoxy groups -OCH3 is 1. The summed E-state index contributed by atoms with van der Waals surface area (Å²) >= 11 is 3.55. The molecule has 2 rings (SSSR count). The number of para-hydroxylation sites is 1. The van der Waals surface area contributed by atoms with E-state index in [1.165, 1.54) is 18.5 Å². The zero-order chi connectivity index (χ0) is 12.8. The van der Waals surface area contributed by atoms with Crippen molar-refractivity contribution in [2.75, 3.05) is 38.7 Å². The number of anilines is 1. The van der Waals surface area contributed by atoms with Crippen LogP contribution in [0.2, 0.25) is 0 Å². The second-order valence-corrected chi connectivity index (χ2v) is 5.52. The molecule has 0 saturated heterocycles. The standard InChI is InChI=1S/C14H21BrN2O/c1-18-11-10-17(12-6-7-12)9-8-16-14-5-3-2-4-13(14)15/h2-5,12,16H,6-11H2,1H3. The van der Waals surface area contributed by atoms with Gasteiger partial charge in [-0.2, -0.15) is 0 Å². The molecule has 1 aromatic carbocycles. The molecule has 0 bridgehead atoms. The number of halogens is 1. The van der Waals surface area contributed by atoms with Gasteiger partial charge in [-0.05, 0) is 40.9 Å². The molecule has 1 aromatic rings. The summed E-state index contributed by atoms with van der Waals surface area (Å²) in [5.74, 6) is 0. The highest BCUT2D eigenvalue weighted by molar-refractivity contribution is 9.10. The zero-order valence-corrected chi connectivity index (χ0v) is 12.4. The topological polar surface area (TPSA) is 24.5 Å². The molecule has 1 aliphatic rings. The first-order valence-corrected chi connectivity index (χ1v) is 7.32. The first kappa shape index (κ1) is 13.8. The van der Waals surface area contributed by atoms with Crippen molar-refractivity contribution in [1.82, 2.24) is 4.90 Å². The highest BCUT2D eigenvalue weighted by Crippen LogP contribution is 2.26. The van der Waals surface area contributed by atoms with Gasteiger partial charge in [0, 0.05) is 42.9 Å². The van der Waals surface area contributed by atoms with Crippen LogP contribution in [0.5, 0.6) is 0 Å². The van der Waals surface area contributed by atoms with Crippen LogP contribution in [0.15, 0.2) is 28.7 Å². The molecule has 18 heavy (non-hydrogen) atoms. The van der Waals surface area contributed by atoms with Gasteiger partial charge in [-0.15, -0.1) is 0 Å². The number of hydrogen-bond acceptors (Lipinski definition) is 3. The van der Waals surface area contributed by atoms with Crippen molar-refractivity contribution in [2.24, 2.45) is 0 Å². The number of nitrogens with one attached hydrogen (secondary N) is 1. The number of ether oxygens (including phenoxy) is 1. The summed E-state index contributed by atoms with van der Waals surface area (Å²) in [4.78, 5) is 2.52. The Morgan fingerprint density at radius 2 is 2.11 bits per heavy atom. The van der Waals surface area contributed by atoms with Gasteiger partial charge < -0.3 is 10.1 Å². The summed E-state index contributed by atoms with van der Waals surface area (Å²) < 4.78 is 6.29. The predicted octanol–water partition coefficient (Wildman–Crippen LogP) is 2.97. The zero-order valence-electron chi connectivity index (χ0n) is 10.9. The number of nitrogens with zero attached hydrogens (tertiary/aromatic N) is 1. The Hall–Kier alpha value is -0.580. The van der Waals surface area contributed by atoms with E-state index in [1.54, 1.807) is 7.11 Å².